The SMILES string of the molecule is CC[C@H](c1c(C#N)ccc(OC)c1O)N1CCNCC1. The van der Waals surface area contributed by atoms with Gasteiger partial charge in [-0.25, -0.2) is 0 Å². The molecule has 108 valence electrons. The van der Waals surface area contributed by atoms with Crippen molar-refractivity contribution in [2.45, 2.75) is 19.4 Å². The Morgan fingerprint density at radius 1 is 1.45 bits per heavy atom. The number of ether oxygens (including phenoxy) is 1. The Morgan fingerprint density at radius 3 is 2.70 bits per heavy atom. The highest BCUT2D eigenvalue weighted by molar-refractivity contribution is 5.55. The zero-order chi connectivity index (χ0) is 14.5. The fourth-order valence-electron chi connectivity index (χ4n) is 2.83. The van der Waals surface area contributed by atoms with Crippen molar-refractivity contribution in [3.63, 3.8) is 0 Å². The molecule has 1 aromatic rings. The zero-order valence-corrected chi connectivity index (χ0v) is 12.0. The van der Waals surface area contributed by atoms with Gasteiger partial charge in [-0.2, -0.15) is 5.26 Å². The molecule has 0 radical (unpaired) electrons. The third-order valence-electron chi connectivity index (χ3n) is 3.83. The van der Waals surface area contributed by atoms with Gasteiger partial charge in [0.05, 0.1) is 18.7 Å². The van der Waals surface area contributed by atoms with E-state index in [2.05, 4.69) is 23.2 Å². The summed E-state index contributed by atoms with van der Waals surface area (Å²) in [6.45, 7) is 5.78. The van der Waals surface area contributed by atoms with E-state index in [9.17, 15) is 10.4 Å². The van der Waals surface area contributed by atoms with Crippen LogP contribution in [0.25, 0.3) is 0 Å². The summed E-state index contributed by atoms with van der Waals surface area (Å²) in [5, 5.41) is 23.0. The van der Waals surface area contributed by atoms with E-state index in [0.29, 0.717) is 16.9 Å². The van der Waals surface area contributed by atoms with Gasteiger partial charge in [0, 0.05) is 37.8 Å². The summed E-state index contributed by atoms with van der Waals surface area (Å²) in [6.07, 6.45) is 0.843. The predicted molar refractivity (Wildman–Crippen MR) is 76.8 cm³/mol. The van der Waals surface area contributed by atoms with E-state index in [1.807, 2.05) is 0 Å². The van der Waals surface area contributed by atoms with Crippen LogP contribution in [0.3, 0.4) is 0 Å². The Balaban J connectivity index is 2.44. The van der Waals surface area contributed by atoms with Crippen molar-refractivity contribution >= 4 is 0 Å². The second-order valence-electron chi connectivity index (χ2n) is 4.90. The standard InChI is InChI=1S/C15H21N3O2/c1-3-12(18-8-6-17-7-9-18)14-11(10-16)4-5-13(20-2)15(14)19/h4-5,12,17,19H,3,6-9H2,1-2H3/t12-/m1/s1. The van der Waals surface area contributed by atoms with E-state index in [1.54, 1.807) is 12.1 Å². The molecule has 1 aromatic carbocycles. The summed E-state index contributed by atoms with van der Waals surface area (Å²) in [7, 11) is 1.52. The lowest BCUT2D eigenvalue weighted by atomic mass is 9.95. The highest BCUT2D eigenvalue weighted by atomic mass is 16.5. The number of nitrogens with one attached hydrogen (secondary N) is 1. The third kappa shape index (κ3) is 2.72. The first-order chi connectivity index (χ1) is 9.72. The van der Waals surface area contributed by atoms with Gasteiger partial charge in [-0.05, 0) is 18.6 Å². The minimum atomic E-state index is 0.0434. The number of methoxy groups -OCH3 is 1. The number of hydrogen-bond acceptors (Lipinski definition) is 5. The van der Waals surface area contributed by atoms with Gasteiger partial charge in [0.1, 0.15) is 0 Å². The van der Waals surface area contributed by atoms with E-state index in [4.69, 9.17) is 4.74 Å². The molecule has 0 unspecified atom stereocenters. The normalized spacial score (nSPS) is 17.4. The monoisotopic (exact) mass is 275 g/mol. The van der Waals surface area contributed by atoms with Gasteiger partial charge in [0.2, 0.25) is 0 Å². The smallest absolute Gasteiger partial charge is 0.163 e. The second-order valence-corrected chi connectivity index (χ2v) is 4.90. The van der Waals surface area contributed by atoms with Gasteiger partial charge in [-0.3, -0.25) is 4.90 Å². The molecule has 0 aromatic heterocycles. The number of aromatic hydroxyl groups is 1. The van der Waals surface area contributed by atoms with Gasteiger partial charge < -0.3 is 15.2 Å². The van der Waals surface area contributed by atoms with Crippen molar-refractivity contribution in [3.8, 4) is 17.6 Å². The van der Waals surface area contributed by atoms with Crippen molar-refractivity contribution in [2.24, 2.45) is 0 Å². The largest absolute Gasteiger partial charge is 0.504 e. The van der Waals surface area contributed by atoms with Gasteiger partial charge >= 0.3 is 0 Å². The number of benzene rings is 1. The Bertz CT molecular complexity index is 505. The number of rotatable bonds is 4. The highest BCUT2D eigenvalue weighted by Gasteiger charge is 2.27. The summed E-state index contributed by atoms with van der Waals surface area (Å²) in [6, 6.07) is 5.59. The van der Waals surface area contributed by atoms with Gasteiger partial charge in [0.15, 0.2) is 11.5 Å². The fraction of sp³-hybridized carbons (Fsp3) is 0.533. The molecule has 1 aliphatic heterocycles. The lowest BCUT2D eigenvalue weighted by molar-refractivity contribution is 0.166. The predicted octanol–water partition coefficient (Wildman–Crippen LogP) is 1.63. The molecule has 5 nitrogen and oxygen atoms in total. The number of piperazine rings is 1. The number of nitriles is 1. The molecule has 2 N–H and O–H groups in total. The molecule has 0 bridgehead atoms. The van der Waals surface area contributed by atoms with Crippen molar-refractivity contribution < 1.29 is 9.84 Å². The van der Waals surface area contributed by atoms with Crippen LogP contribution in [-0.2, 0) is 0 Å². The van der Waals surface area contributed by atoms with Crippen LogP contribution in [0.4, 0.5) is 0 Å². The quantitative estimate of drug-likeness (QED) is 0.874. The number of phenolic OH excluding ortho intramolecular Hbond substituents is 1. The van der Waals surface area contributed by atoms with E-state index in [1.165, 1.54) is 7.11 Å². The lowest BCUT2D eigenvalue weighted by Gasteiger charge is -2.35. The first-order valence-electron chi connectivity index (χ1n) is 6.97. The molecule has 0 spiro atoms. The summed E-state index contributed by atoms with van der Waals surface area (Å²) >= 11 is 0. The first kappa shape index (κ1) is 14.6. The molecule has 0 saturated carbocycles. The molecule has 0 amide bonds. The van der Waals surface area contributed by atoms with Crippen LogP contribution in [-0.4, -0.2) is 43.3 Å². The van der Waals surface area contributed by atoms with E-state index in [-0.39, 0.29) is 11.8 Å². The molecule has 2 rings (SSSR count). The van der Waals surface area contributed by atoms with Crippen LogP contribution >= 0.6 is 0 Å². The molecule has 1 fully saturated rings. The highest BCUT2D eigenvalue weighted by Crippen LogP contribution is 2.39. The maximum Gasteiger partial charge on any atom is 0.163 e. The lowest BCUT2D eigenvalue weighted by Crippen LogP contribution is -2.45. The van der Waals surface area contributed by atoms with Crippen LogP contribution < -0.4 is 10.1 Å². The van der Waals surface area contributed by atoms with Crippen molar-refractivity contribution in [1.82, 2.24) is 10.2 Å². The van der Waals surface area contributed by atoms with Crippen molar-refractivity contribution in [2.75, 3.05) is 33.3 Å². The molecule has 20 heavy (non-hydrogen) atoms. The zero-order valence-electron chi connectivity index (χ0n) is 12.0. The van der Waals surface area contributed by atoms with Crippen LogP contribution in [0.15, 0.2) is 12.1 Å². The van der Waals surface area contributed by atoms with Crippen molar-refractivity contribution in [1.29, 1.82) is 5.26 Å². The van der Waals surface area contributed by atoms with Crippen LogP contribution in [0.1, 0.15) is 30.5 Å². The minimum absolute atomic E-state index is 0.0434. The maximum atomic E-state index is 10.4. The van der Waals surface area contributed by atoms with E-state index in [0.717, 1.165) is 32.6 Å². The van der Waals surface area contributed by atoms with E-state index >= 15 is 0 Å². The number of hydrogen-bond donors (Lipinski definition) is 2. The molecule has 5 heteroatoms. The molecule has 0 aliphatic carbocycles. The van der Waals surface area contributed by atoms with Gasteiger partial charge in [-0.15, -0.1) is 0 Å². The molecule has 1 saturated heterocycles. The molecule has 1 heterocycles. The number of nitrogens with zero attached hydrogens (tertiary/aromatic N) is 2. The first-order valence-corrected chi connectivity index (χ1v) is 6.97. The van der Waals surface area contributed by atoms with Gasteiger partial charge in [0.25, 0.3) is 0 Å². The Labute approximate surface area is 119 Å². The summed E-state index contributed by atoms with van der Waals surface area (Å²) < 4.78 is 5.18. The van der Waals surface area contributed by atoms with Gasteiger partial charge in [-0.1, -0.05) is 6.92 Å². The van der Waals surface area contributed by atoms with Crippen LogP contribution in [0.2, 0.25) is 0 Å². The molecular formula is C15H21N3O2. The Kier molecular flexibility index (Phi) is 4.83. The summed E-state index contributed by atoms with van der Waals surface area (Å²) in [5.74, 6) is 0.518. The minimum Gasteiger partial charge on any atom is -0.504 e. The molecule has 1 atom stereocenters. The third-order valence-corrected chi connectivity index (χ3v) is 3.83. The second kappa shape index (κ2) is 6.60. The maximum absolute atomic E-state index is 10.4. The Hall–Kier alpha value is -1.77. The summed E-state index contributed by atoms with van der Waals surface area (Å²) in [4.78, 5) is 2.31. The molecular weight excluding hydrogens is 254 g/mol. The number of phenols is 1. The topological polar surface area (TPSA) is 68.5 Å². The Morgan fingerprint density at radius 2 is 2.15 bits per heavy atom. The van der Waals surface area contributed by atoms with Crippen LogP contribution in [0.5, 0.6) is 11.5 Å². The van der Waals surface area contributed by atoms with Crippen LogP contribution in [0, 0.1) is 11.3 Å². The van der Waals surface area contributed by atoms with Crippen molar-refractivity contribution in [3.05, 3.63) is 23.3 Å². The summed E-state index contributed by atoms with van der Waals surface area (Å²) in [5.41, 5.74) is 1.21. The average molecular weight is 275 g/mol. The average Bonchev–Trinajstić information content (AvgIpc) is 2.50. The van der Waals surface area contributed by atoms with E-state index < -0.39 is 0 Å². The molecule has 1 aliphatic rings. The fourth-order valence-corrected chi connectivity index (χ4v) is 2.83.